The lowest BCUT2D eigenvalue weighted by atomic mass is 10.2. The van der Waals surface area contributed by atoms with Crippen LogP contribution in [-0.4, -0.2) is 0 Å². The van der Waals surface area contributed by atoms with Gasteiger partial charge in [0, 0.05) is 26.2 Å². The third-order valence-corrected chi connectivity index (χ3v) is 4.39. The molecule has 4 heteroatoms. The van der Waals surface area contributed by atoms with E-state index in [1.807, 2.05) is 30.3 Å². The van der Waals surface area contributed by atoms with Crippen LogP contribution in [0.2, 0.25) is 5.02 Å². The van der Waals surface area contributed by atoms with E-state index in [4.69, 9.17) is 11.6 Å². The highest BCUT2D eigenvalue weighted by Crippen LogP contribution is 2.24. The Balaban J connectivity index is 2.09. The van der Waals surface area contributed by atoms with Gasteiger partial charge in [-0.1, -0.05) is 49.5 Å². The molecule has 0 heterocycles. The van der Waals surface area contributed by atoms with E-state index >= 15 is 0 Å². The first-order valence-electron chi connectivity index (χ1n) is 5.50. The van der Waals surface area contributed by atoms with Gasteiger partial charge in [0.05, 0.1) is 0 Å². The van der Waals surface area contributed by atoms with Crippen molar-refractivity contribution in [1.82, 2.24) is 0 Å². The van der Waals surface area contributed by atoms with Crippen LogP contribution in [0.15, 0.2) is 45.3 Å². The smallest absolute Gasteiger partial charge is 0.0467 e. The number of nitrogens with one attached hydrogen (secondary N) is 1. The predicted octanol–water partition coefficient (Wildman–Crippen LogP) is 5.79. The summed E-state index contributed by atoms with van der Waals surface area (Å²) in [4.78, 5) is 0. The zero-order valence-electron chi connectivity index (χ0n) is 9.81. The van der Waals surface area contributed by atoms with E-state index in [2.05, 4.69) is 50.2 Å². The van der Waals surface area contributed by atoms with Gasteiger partial charge in [0.15, 0.2) is 0 Å². The van der Waals surface area contributed by atoms with Gasteiger partial charge in [0.2, 0.25) is 0 Å². The third kappa shape index (κ3) is 3.50. The Hall–Kier alpha value is -0.510. The normalized spacial score (nSPS) is 10.4. The molecular weight excluding hydrogens is 377 g/mol. The van der Waals surface area contributed by atoms with Gasteiger partial charge in [-0.2, -0.15) is 0 Å². The van der Waals surface area contributed by atoms with Crippen LogP contribution < -0.4 is 5.32 Å². The number of benzene rings is 2. The second-order valence-electron chi connectivity index (χ2n) is 4.05. The highest BCUT2D eigenvalue weighted by Gasteiger charge is 2.02. The van der Waals surface area contributed by atoms with E-state index in [1.165, 1.54) is 5.56 Å². The summed E-state index contributed by atoms with van der Waals surface area (Å²) in [6, 6.07) is 12.1. The van der Waals surface area contributed by atoms with Crippen LogP contribution in [0.1, 0.15) is 11.1 Å². The van der Waals surface area contributed by atoms with Gasteiger partial charge in [-0.25, -0.2) is 0 Å². The predicted molar refractivity (Wildman–Crippen MR) is 85.4 cm³/mol. The molecule has 0 unspecified atom stereocenters. The summed E-state index contributed by atoms with van der Waals surface area (Å²) in [5, 5.41) is 4.14. The van der Waals surface area contributed by atoms with Crippen molar-refractivity contribution < 1.29 is 0 Å². The lowest BCUT2D eigenvalue weighted by Gasteiger charge is -2.09. The lowest BCUT2D eigenvalue weighted by molar-refractivity contribution is 1.14. The monoisotopic (exact) mass is 387 g/mol. The number of aryl methyl sites for hydroxylation is 1. The minimum absolute atomic E-state index is 0.715. The number of halogens is 3. The van der Waals surface area contributed by atoms with Gasteiger partial charge in [0.25, 0.3) is 0 Å². The van der Waals surface area contributed by atoms with Crippen molar-refractivity contribution in [2.75, 3.05) is 5.32 Å². The average molecular weight is 390 g/mol. The van der Waals surface area contributed by atoms with Crippen LogP contribution in [0.25, 0.3) is 0 Å². The van der Waals surface area contributed by atoms with Gasteiger partial charge < -0.3 is 5.32 Å². The molecule has 0 amide bonds. The first-order chi connectivity index (χ1) is 8.56. The van der Waals surface area contributed by atoms with E-state index < -0.39 is 0 Å². The van der Waals surface area contributed by atoms with Crippen LogP contribution in [-0.2, 0) is 6.54 Å². The molecule has 0 saturated heterocycles. The molecule has 0 aliphatic heterocycles. The van der Waals surface area contributed by atoms with Crippen molar-refractivity contribution in [2.24, 2.45) is 0 Å². The number of hydrogen-bond donors (Lipinski definition) is 1. The van der Waals surface area contributed by atoms with E-state index in [0.29, 0.717) is 6.54 Å². The molecular formula is C14H12Br2ClN. The number of rotatable bonds is 3. The fraction of sp³-hybridized carbons (Fsp3) is 0.143. The molecule has 0 aliphatic carbocycles. The first kappa shape index (κ1) is 13.9. The summed E-state index contributed by atoms with van der Waals surface area (Å²) in [5.41, 5.74) is 3.39. The highest BCUT2D eigenvalue weighted by atomic mass is 79.9. The SMILES string of the molecule is Cc1cc(NCc2ccc(Br)cc2Cl)ccc1Br. The fourth-order valence-corrected chi connectivity index (χ4v) is 2.60. The number of hydrogen-bond acceptors (Lipinski definition) is 1. The molecule has 2 rings (SSSR count). The van der Waals surface area contributed by atoms with E-state index in [0.717, 1.165) is 25.2 Å². The van der Waals surface area contributed by atoms with E-state index in [9.17, 15) is 0 Å². The Labute approximate surface area is 129 Å². The number of anilines is 1. The maximum atomic E-state index is 6.17. The molecule has 2 aromatic carbocycles. The third-order valence-electron chi connectivity index (χ3n) is 2.66. The van der Waals surface area contributed by atoms with Crippen LogP contribution in [0, 0.1) is 6.92 Å². The maximum Gasteiger partial charge on any atom is 0.0467 e. The molecule has 94 valence electrons. The molecule has 0 aromatic heterocycles. The molecule has 2 aromatic rings. The average Bonchev–Trinajstić information content (AvgIpc) is 2.32. The van der Waals surface area contributed by atoms with E-state index in [-0.39, 0.29) is 0 Å². The van der Waals surface area contributed by atoms with Crippen molar-refractivity contribution in [2.45, 2.75) is 13.5 Å². The Kier molecular flexibility index (Phi) is 4.71. The van der Waals surface area contributed by atoms with Gasteiger partial charge >= 0.3 is 0 Å². The van der Waals surface area contributed by atoms with Crippen molar-refractivity contribution in [3.05, 3.63) is 61.5 Å². The summed E-state index contributed by atoms with van der Waals surface area (Å²) >= 11 is 13.1. The molecule has 0 saturated carbocycles. The standard InChI is InChI=1S/C14H12Br2ClN/c1-9-6-12(4-5-13(9)16)18-8-10-2-3-11(15)7-14(10)17/h2-7,18H,8H2,1H3. The summed E-state index contributed by atoms with van der Waals surface area (Å²) in [6.07, 6.45) is 0. The van der Waals surface area contributed by atoms with Crippen LogP contribution in [0.3, 0.4) is 0 Å². The van der Waals surface area contributed by atoms with Gasteiger partial charge in [-0.3, -0.25) is 0 Å². The first-order valence-corrected chi connectivity index (χ1v) is 7.46. The highest BCUT2D eigenvalue weighted by molar-refractivity contribution is 9.10. The molecule has 0 radical (unpaired) electrons. The summed E-state index contributed by atoms with van der Waals surface area (Å²) < 4.78 is 2.12. The van der Waals surface area contributed by atoms with Gasteiger partial charge in [-0.05, 0) is 48.4 Å². The Morgan fingerprint density at radius 2 is 1.89 bits per heavy atom. The van der Waals surface area contributed by atoms with Crippen LogP contribution in [0.4, 0.5) is 5.69 Å². The molecule has 1 nitrogen and oxygen atoms in total. The minimum atomic E-state index is 0.715. The molecule has 1 N–H and O–H groups in total. The molecule has 0 bridgehead atoms. The van der Waals surface area contributed by atoms with Crippen molar-refractivity contribution >= 4 is 49.1 Å². The zero-order valence-corrected chi connectivity index (χ0v) is 13.7. The van der Waals surface area contributed by atoms with Crippen molar-refractivity contribution in [3.63, 3.8) is 0 Å². The van der Waals surface area contributed by atoms with Crippen LogP contribution >= 0.6 is 43.5 Å². The summed E-state index contributed by atoms with van der Waals surface area (Å²) in [5.74, 6) is 0. The van der Waals surface area contributed by atoms with Gasteiger partial charge in [0.1, 0.15) is 0 Å². The lowest BCUT2D eigenvalue weighted by Crippen LogP contribution is -2.00. The zero-order chi connectivity index (χ0) is 13.1. The molecule has 0 spiro atoms. The van der Waals surface area contributed by atoms with Gasteiger partial charge in [-0.15, -0.1) is 0 Å². The van der Waals surface area contributed by atoms with Crippen molar-refractivity contribution in [1.29, 1.82) is 0 Å². The Bertz CT molecular complexity index is 570. The van der Waals surface area contributed by atoms with Crippen molar-refractivity contribution in [3.8, 4) is 0 Å². The Morgan fingerprint density at radius 1 is 1.11 bits per heavy atom. The molecule has 0 atom stereocenters. The molecule has 0 aliphatic rings. The second kappa shape index (κ2) is 6.09. The largest absolute Gasteiger partial charge is 0.381 e. The topological polar surface area (TPSA) is 12.0 Å². The van der Waals surface area contributed by atoms with E-state index in [1.54, 1.807) is 0 Å². The summed E-state index contributed by atoms with van der Waals surface area (Å²) in [6.45, 7) is 2.79. The molecule has 0 fully saturated rings. The molecule has 18 heavy (non-hydrogen) atoms. The van der Waals surface area contributed by atoms with Crippen LogP contribution in [0.5, 0.6) is 0 Å². The quantitative estimate of drug-likeness (QED) is 0.701. The fourth-order valence-electron chi connectivity index (χ4n) is 1.62. The summed E-state index contributed by atoms with van der Waals surface area (Å²) in [7, 11) is 0. The maximum absolute atomic E-state index is 6.17. The second-order valence-corrected chi connectivity index (χ2v) is 6.23. The Morgan fingerprint density at radius 3 is 2.56 bits per heavy atom. The minimum Gasteiger partial charge on any atom is -0.381 e.